The molecule has 1 aromatic carbocycles. The second kappa shape index (κ2) is 7.22. The minimum absolute atomic E-state index is 0.211. The molecule has 1 aliphatic heterocycles. The number of piperazine rings is 1. The van der Waals surface area contributed by atoms with Crippen molar-refractivity contribution in [2.75, 3.05) is 26.2 Å². The molecule has 0 bridgehead atoms. The van der Waals surface area contributed by atoms with Gasteiger partial charge in [0.15, 0.2) is 0 Å². The van der Waals surface area contributed by atoms with Gasteiger partial charge in [0.05, 0.1) is 5.41 Å². The van der Waals surface area contributed by atoms with Crippen LogP contribution in [0.3, 0.4) is 0 Å². The van der Waals surface area contributed by atoms with Crippen molar-refractivity contribution >= 4 is 23.4 Å². The third-order valence-electron chi connectivity index (χ3n) is 6.39. The van der Waals surface area contributed by atoms with E-state index in [1.165, 1.54) is 25.7 Å². The molecule has 1 heterocycles. The summed E-state index contributed by atoms with van der Waals surface area (Å²) in [5.74, 6) is 1.07. The van der Waals surface area contributed by atoms with Crippen LogP contribution in [0, 0.1) is 5.92 Å². The second-order valence-electron chi connectivity index (χ2n) is 8.12. The molecule has 2 saturated carbocycles. The van der Waals surface area contributed by atoms with E-state index in [0.29, 0.717) is 43.5 Å². The van der Waals surface area contributed by atoms with Crippen LogP contribution in [0.4, 0.5) is 0 Å². The SMILES string of the molecule is O=C(CC1CCCC1)N1CCN(C(=O)C2(c3cccc(Cl)c3)CC2)CC1. The van der Waals surface area contributed by atoms with Crippen molar-refractivity contribution in [1.82, 2.24) is 9.80 Å². The Labute approximate surface area is 160 Å². The van der Waals surface area contributed by atoms with Crippen LogP contribution in [0.25, 0.3) is 0 Å². The van der Waals surface area contributed by atoms with E-state index in [1.54, 1.807) is 0 Å². The molecule has 3 aliphatic rings. The van der Waals surface area contributed by atoms with Gasteiger partial charge in [0.2, 0.25) is 11.8 Å². The highest BCUT2D eigenvalue weighted by Crippen LogP contribution is 2.50. The number of amides is 2. The molecule has 0 atom stereocenters. The van der Waals surface area contributed by atoms with Gasteiger partial charge in [-0.3, -0.25) is 9.59 Å². The molecule has 0 unspecified atom stereocenters. The van der Waals surface area contributed by atoms with Gasteiger partial charge < -0.3 is 9.80 Å². The lowest BCUT2D eigenvalue weighted by Crippen LogP contribution is -2.53. The predicted molar refractivity (Wildman–Crippen MR) is 102 cm³/mol. The average molecular weight is 375 g/mol. The first kappa shape index (κ1) is 17.8. The molecule has 0 N–H and O–H groups in total. The van der Waals surface area contributed by atoms with Gasteiger partial charge in [-0.15, -0.1) is 0 Å². The van der Waals surface area contributed by atoms with Crippen LogP contribution in [0.1, 0.15) is 50.5 Å². The van der Waals surface area contributed by atoms with E-state index in [0.717, 1.165) is 18.4 Å². The molecule has 26 heavy (non-hydrogen) atoms. The fraction of sp³-hybridized carbons (Fsp3) is 0.619. The Morgan fingerprint density at radius 3 is 2.31 bits per heavy atom. The van der Waals surface area contributed by atoms with Gasteiger partial charge in [0, 0.05) is 37.6 Å². The molecule has 0 aromatic heterocycles. The third-order valence-corrected chi connectivity index (χ3v) is 6.63. The number of carbonyl (C=O) groups is 2. The van der Waals surface area contributed by atoms with Crippen molar-refractivity contribution < 1.29 is 9.59 Å². The summed E-state index contributed by atoms with van der Waals surface area (Å²) < 4.78 is 0. The van der Waals surface area contributed by atoms with Crippen molar-refractivity contribution in [3.63, 3.8) is 0 Å². The van der Waals surface area contributed by atoms with Gasteiger partial charge in [-0.25, -0.2) is 0 Å². The Bertz CT molecular complexity index is 687. The van der Waals surface area contributed by atoms with Crippen LogP contribution in [-0.2, 0) is 15.0 Å². The van der Waals surface area contributed by atoms with E-state index in [2.05, 4.69) is 0 Å². The molecular weight excluding hydrogens is 348 g/mol. The maximum absolute atomic E-state index is 13.1. The lowest BCUT2D eigenvalue weighted by Gasteiger charge is -2.37. The first-order valence-corrected chi connectivity index (χ1v) is 10.3. The molecule has 4 nitrogen and oxygen atoms in total. The normalized spacial score (nSPS) is 22.5. The van der Waals surface area contributed by atoms with Gasteiger partial charge in [-0.2, -0.15) is 0 Å². The molecule has 1 aromatic rings. The Hall–Kier alpha value is -1.55. The minimum Gasteiger partial charge on any atom is -0.339 e. The van der Waals surface area contributed by atoms with Crippen molar-refractivity contribution in [2.24, 2.45) is 5.92 Å². The van der Waals surface area contributed by atoms with Crippen LogP contribution in [-0.4, -0.2) is 47.8 Å². The van der Waals surface area contributed by atoms with Gasteiger partial charge in [0.1, 0.15) is 0 Å². The van der Waals surface area contributed by atoms with E-state index in [-0.39, 0.29) is 17.2 Å². The van der Waals surface area contributed by atoms with Crippen LogP contribution >= 0.6 is 11.6 Å². The van der Waals surface area contributed by atoms with Crippen LogP contribution in [0.2, 0.25) is 5.02 Å². The molecule has 5 heteroatoms. The molecule has 0 spiro atoms. The number of nitrogens with zero attached hydrogens (tertiary/aromatic N) is 2. The van der Waals surface area contributed by atoms with Gasteiger partial charge in [0.25, 0.3) is 0 Å². The molecule has 4 rings (SSSR count). The summed E-state index contributed by atoms with van der Waals surface area (Å²) in [6.07, 6.45) is 7.43. The fourth-order valence-electron chi connectivity index (χ4n) is 4.59. The maximum Gasteiger partial charge on any atom is 0.233 e. The Kier molecular flexibility index (Phi) is 4.96. The molecule has 2 amide bonds. The van der Waals surface area contributed by atoms with E-state index >= 15 is 0 Å². The number of halogens is 1. The first-order valence-electron chi connectivity index (χ1n) is 9.92. The molecule has 1 saturated heterocycles. The van der Waals surface area contributed by atoms with E-state index in [9.17, 15) is 9.59 Å². The summed E-state index contributed by atoms with van der Waals surface area (Å²) in [6, 6.07) is 7.71. The first-order chi connectivity index (χ1) is 12.6. The van der Waals surface area contributed by atoms with Gasteiger partial charge >= 0.3 is 0 Å². The summed E-state index contributed by atoms with van der Waals surface area (Å²) in [6.45, 7) is 2.64. The van der Waals surface area contributed by atoms with Crippen molar-refractivity contribution in [1.29, 1.82) is 0 Å². The number of rotatable bonds is 4. The zero-order chi connectivity index (χ0) is 18.1. The Balaban J connectivity index is 1.34. The zero-order valence-corrected chi connectivity index (χ0v) is 16.0. The number of carbonyl (C=O) groups excluding carboxylic acids is 2. The van der Waals surface area contributed by atoms with E-state index < -0.39 is 0 Å². The van der Waals surface area contributed by atoms with Crippen LogP contribution in [0.5, 0.6) is 0 Å². The highest BCUT2D eigenvalue weighted by molar-refractivity contribution is 6.30. The quantitative estimate of drug-likeness (QED) is 0.807. The second-order valence-corrected chi connectivity index (χ2v) is 8.56. The molecule has 3 fully saturated rings. The molecule has 0 radical (unpaired) electrons. The highest BCUT2D eigenvalue weighted by Gasteiger charge is 2.53. The number of hydrogen-bond donors (Lipinski definition) is 0. The summed E-state index contributed by atoms with van der Waals surface area (Å²) in [4.78, 5) is 29.5. The smallest absolute Gasteiger partial charge is 0.233 e. The number of benzene rings is 1. The zero-order valence-electron chi connectivity index (χ0n) is 15.3. The molecule has 2 aliphatic carbocycles. The topological polar surface area (TPSA) is 40.6 Å². The lowest BCUT2D eigenvalue weighted by molar-refractivity contribution is -0.141. The highest BCUT2D eigenvalue weighted by atomic mass is 35.5. The largest absolute Gasteiger partial charge is 0.339 e. The average Bonchev–Trinajstić information content (AvgIpc) is 3.32. The van der Waals surface area contributed by atoms with Crippen LogP contribution in [0.15, 0.2) is 24.3 Å². The standard InChI is InChI=1S/C21H27ClN2O2/c22-18-7-3-6-17(15-18)21(8-9-21)20(26)24-12-10-23(11-13-24)19(25)14-16-4-1-2-5-16/h3,6-7,15-16H,1-2,4-5,8-14H2. The van der Waals surface area contributed by atoms with E-state index in [4.69, 9.17) is 11.6 Å². The lowest BCUT2D eigenvalue weighted by atomic mass is 9.94. The maximum atomic E-state index is 13.1. The Morgan fingerprint density at radius 1 is 1.04 bits per heavy atom. The van der Waals surface area contributed by atoms with E-state index in [1.807, 2.05) is 34.1 Å². The monoisotopic (exact) mass is 374 g/mol. The summed E-state index contributed by atoms with van der Waals surface area (Å²) in [7, 11) is 0. The Morgan fingerprint density at radius 2 is 1.69 bits per heavy atom. The molecule has 140 valence electrons. The van der Waals surface area contributed by atoms with Crippen molar-refractivity contribution in [2.45, 2.75) is 50.4 Å². The summed E-state index contributed by atoms with van der Waals surface area (Å²) in [5.41, 5.74) is 0.663. The summed E-state index contributed by atoms with van der Waals surface area (Å²) >= 11 is 6.12. The number of hydrogen-bond acceptors (Lipinski definition) is 2. The molecular formula is C21H27ClN2O2. The minimum atomic E-state index is -0.374. The van der Waals surface area contributed by atoms with Gasteiger partial charge in [-0.05, 0) is 49.3 Å². The van der Waals surface area contributed by atoms with Crippen LogP contribution < -0.4 is 0 Å². The fourth-order valence-corrected chi connectivity index (χ4v) is 4.78. The van der Waals surface area contributed by atoms with Crippen molar-refractivity contribution in [3.8, 4) is 0 Å². The van der Waals surface area contributed by atoms with Crippen molar-refractivity contribution in [3.05, 3.63) is 34.9 Å². The predicted octanol–water partition coefficient (Wildman–Crippen LogP) is 3.62. The third kappa shape index (κ3) is 3.48. The summed E-state index contributed by atoms with van der Waals surface area (Å²) in [5, 5.41) is 0.684. The van der Waals surface area contributed by atoms with Gasteiger partial charge in [-0.1, -0.05) is 36.6 Å².